The number of nitrogens with zero attached hydrogens (tertiary/aromatic N) is 2. The highest BCUT2D eigenvalue weighted by atomic mass is 35.5. The van der Waals surface area contributed by atoms with Gasteiger partial charge in [-0.15, -0.1) is 0 Å². The second-order valence-corrected chi connectivity index (χ2v) is 3.72. The molecule has 1 aromatic heterocycles. The van der Waals surface area contributed by atoms with E-state index in [0.29, 0.717) is 5.69 Å². The number of hydrogen-bond donors (Lipinski definition) is 1. The molecule has 0 saturated heterocycles. The van der Waals surface area contributed by atoms with Gasteiger partial charge < -0.3 is 9.84 Å². The van der Waals surface area contributed by atoms with Crippen molar-refractivity contribution < 1.29 is 14.2 Å². The van der Waals surface area contributed by atoms with Crippen LogP contribution in [0.25, 0.3) is 0 Å². The molecule has 1 amide bonds. The number of nitro groups is 1. The predicted octanol–water partition coefficient (Wildman–Crippen LogP) is 2.49. The van der Waals surface area contributed by atoms with E-state index >= 15 is 0 Å². The largest absolute Gasteiger partial charge is 0.363 e. The number of halogens is 1. The quantitative estimate of drug-likeness (QED) is 0.680. The van der Waals surface area contributed by atoms with Gasteiger partial charge in [-0.25, -0.2) is 0 Å². The minimum absolute atomic E-state index is 0.131. The third-order valence-electron chi connectivity index (χ3n) is 2.09. The number of nitro benzene ring substituents is 1. The van der Waals surface area contributed by atoms with Crippen LogP contribution in [0.5, 0.6) is 0 Å². The molecule has 0 atom stereocenters. The maximum atomic E-state index is 11.8. The third kappa shape index (κ3) is 2.46. The van der Waals surface area contributed by atoms with Gasteiger partial charge in [-0.3, -0.25) is 14.9 Å². The molecule has 0 aliphatic carbocycles. The Balaban J connectivity index is 2.34. The van der Waals surface area contributed by atoms with Crippen molar-refractivity contribution in [1.82, 2.24) is 5.16 Å². The Morgan fingerprint density at radius 2 is 2.28 bits per heavy atom. The van der Waals surface area contributed by atoms with Crippen LogP contribution in [0.2, 0.25) is 5.02 Å². The van der Waals surface area contributed by atoms with Crippen LogP contribution in [0, 0.1) is 10.1 Å². The zero-order chi connectivity index (χ0) is 13.1. The molecule has 1 heterocycles. The second kappa shape index (κ2) is 4.84. The molecule has 92 valence electrons. The van der Waals surface area contributed by atoms with Crippen molar-refractivity contribution in [1.29, 1.82) is 0 Å². The summed E-state index contributed by atoms with van der Waals surface area (Å²) in [5.41, 5.74) is -0.156. The lowest BCUT2D eigenvalue weighted by Gasteiger charge is -2.03. The van der Waals surface area contributed by atoms with E-state index in [4.69, 9.17) is 11.6 Å². The van der Waals surface area contributed by atoms with Crippen molar-refractivity contribution in [3.8, 4) is 0 Å². The number of carbonyl (C=O) groups is 1. The van der Waals surface area contributed by atoms with E-state index in [1.165, 1.54) is 30.7 Å². The second-order valence-electron chi connectivity index (χ2n) is 3.29. The van der Waals surface area contributed by atoms with Gasteiger partial charge in [-0.05, 0) is 12.1 Å². The summed E-state index contributed by atoms with van der Waals surface area (Å²) >= 11 is 5.71. The summed E-state index contributed by atoms with van der Waals surface area (Å²) in [5.74, 6) is -0.660. The van der Waals surface area contributed by atoms with E-state index in [2.05, 4.69) is 15.0 Å². The molecule has 0 radical (unpaired) electrons. The van der Waals surface area contributed by atoms with Crippen molar-refractivity contribution in [2.75, 3.05) is 5.32 Å². The Bertz CT molecular complexity index is 597. The van der Waals surface area contributed by atoms with Crippen LogP contribution in [0.4, 0.5) is 11.4 Å². The first-order chi connectivity index (χ1) is 8.58. The zero-order valence-corrected chi connectivity index (χ0v) is 9.55. The maximum absolute atomic E-state index is 11.8. The fourth-order valence-electron chi connectivity index (χ4n) is 1.31. The van der Waals surface area contributed by atoms with Gasteiger partial charge in [0, 0.05) is 11.1 Å². The van der Waals surface area contributed by atoms with Crippen LogP contribution in [-0.2, 0) is 0 Å². The fourth-order valence-corrected chi connectivity index (χ4v) is 1.49. The van der Waals surface area contributed by atoms with Crippen LogP contribution in [-0.4, -0.2) is 16.0 Å². The first kappa shape index (κ1) is 12.1. The molecule has 8 heteroatoms. The van der Waals surface area contributed by atoms with Crippen molar-refractivity contribution >= 4 is 28.9 Å². The molecule has 0 unspecified atom stereocenters. The Morgan fingerprint density at radius 3 is 2.89 bits per heavy atom. The molecule has 0 spiro atoms. The minimum Gasteiger partial charge on any atom is -0.363 e. The first-order valence-corrected chi connectivity index (χ1v) is 5.10. The standard InChI is InChI=1S/C10H6ClN3O4/c11-6-1-2-9(14(16)17)8(3-6)10(15)13-7-4-12-18-5-7/h1-5H,(H,13,15). The summed E-state index contributed by atoms with van der Waals surface area (Å²) in [6, 6.07) is 3.74. The van der Waals surface area contributed by atoms with Gasteiger partial charge in [0.15, 0.2) is 0 Å². The number of amides is 1. The highest BCUT2D eigenvalue weighted by Gasteiger charge is 2.20. The Kier molecular flexibility index (Phi) is 3.24. The monoisotopic (exact) mass is 267 g/mol. The molecule has 0 fully saturated rings. The van der Waals surface area contributed by atoms with Gasteiger partial charge in [0.1, 0.15) is 17.5 Å². The Labute approximate surface area is 105 Å². The minimum atomic E-state index is -0.660. The van der Waals surface area contributed by atoms with Crippen molar-refractivity contribution in [2.24, 2.45) is 0 Å². The molecule has 0 bridgehead atoms. The summed E-state index contributed by atoms with van der Waals surface area (Å²) in [5, 5.41) is 16.8. The average Bonchev–Trinajstić information content (AvgIpc) is 2.81. The number of anilines is 1. The third-order valence-corrected chi connectivity index (χ3v) is 2.33. The summed E-state index contributed by atoms with van der Waals surface area (Å²) in [6.45, 7) is 0. The van der Waals surface area contributed by atoms with Gasteiger partial charge in [-0.2, -0.15) is 0 Å². The number of carbonyl (C=O) groups excluding carboxylic acids is 1. The summed E-state index contributed by atoms with van der Waals surface area (Å²) in [4.78, 5) is 22.0. The summed E-state index contributed by atoms with van der Waals surface area (Å²) < 4.78 is 4.53. The molecular weight excluding hydrogens is 262 g/mol. The van der Waals surface area contributed by atoms with E-state index in [1.807, 2.05) is 0 Å². The zero-order valence-electron chi connectivity index (χ0n) is 8.79. The van der Waals surface area contributed by atoms with E-state index in [1.54, 1.807) is 0 Å². The van der Waals surface area contributed by atoms with Gasteiger partial charge in [0.25, 0.3) is 11.6 Å². The van der Waals surface area contributed by atoms with Crippen molar-refractivity contribution in [3.05, 3.63) is 51.4 Å². The summed E-state index contributed by atoms with van der Waals surface area (Å²) in [7, 11) is 0. The van der Waals surface area contributed by atoms with E-state index in [9.17, 15) is 14.9 Å². The molecule has 0 aliphatic heterocycles. The lowest BCUT2D eigenvalue weighted by atomic mass is 10.1. The highest BCUT2D eigenvalue weighted by molar-refractivity contribution is 6.31. The number of rotatable bonds is 3. The van der Waals surface area contributed by atoms with Crippen LogP contribution in [0.1, 0.15) is 10.4 Å². The average molecular weight is 268 g/mol. The number of hydrogen-bond acceptors (Lipinski definition) is 5. The summed E-state index contributed by atoms with van der Waals surface area (Å²) in [6.07, 6.45) is 2.47. The number of nitrogens with one attached hydrogen (secondary N) is 1. The topological polar surface area (TPSA) is 98.3 Å². The molecule has 2 rings (SSSR count). The molecule has 18 heavy (non-hydrogen) atoms. The van der Waals surface area contributed by atoms with E-state index in [-0.39, 0.29) is 16.3 Å². The lowest BCUT2D eigenvalue weighted by Crippen LogP contribution is -2.13. The Hall–Kier alpha value is -2.41. The lowest BCUT2D eigenvalue weighted by molar-refractivity contribution is -0.385. The molecule has 7 nitrogen and oxygen atoms in total. The van der Waals surface area contributed by atoms with Crippen LogP contribution in [0.3, 0.4) is 0 Å². The van der Waals surface area contributed by atoms with Crippen molar-refractivity contribution in [3.63, 3.8) is 0 Å². The highest BCUT2D eigenvalue weighted by Crippen LogP contribution is 2.23. The van der Waals surface area contributed by atoms with Crippen LogP contribution < -0.4 is 5.32 Å². The molecular formula is C10H6ClN3O4. The van der Waals surface area contributed by atoms with Crippen molar-refractivity contribution in [2.45, 2.75) is 0 Å². The number of aromatic nitrogens is 1. The molecule has 0 saturated carbocycles. The van der Waals surface area contributed by atoms with Gasteiger partial charge in [0.2, 0.25) is 0 Å². The fraction of sp³-hybridized carbons (Fsp3) is 0. The van der Waals surface area contributed by atoms with Crippen LogP contribution >= 0.6 is 11.6 Å². The van der Waals surface area contributed by atoms with Gasteiger partial charge in [-0.1, -0.05) is 16.8 Å². The molecule has 2 aromatic rings. The SMILES string of the molecule is O=C(Nc1cnoc1)c1cc(Cl)ccc1[N+](=O)[O-]. The van der Waals surface area contributed by atoms with Crippen LogP contribution in [0.15, 0.2) is 35.2 Å². The molecule has 1 N–H and O–H groups in total. The Morgan fingerprint density at radius 1 is 1.50 bits per heavy atom. The van der Waals surface area contributed by atoms with E-state index in [0.717, 1.165) is 0 Å². The first-order valence-electron chi connectivity index (χ1n) is 4.72. The van der Waals surface area contributed by atoms with Gasteiger partial charge in [0.05, 0.1) is 11.1 Å². The number of benzene rings is 1. The predicted molar refractivity (Wildman–Crippen MR) is 62.6 cm³/mol. The molecule has 0 aliphatic rings. The molecule has 1 aromatic carbocycles. The van der Waals surface area contributed by atoms with Gasteiger partial charge >= 0.3 is 0 Å². The normalized spacial score (nSPS) is 10.1. The van der Waals surface area contributed by atoms with E-state index < -0.39 is 10.8 Å². The maximum Gasteiger partial charge on any atom is 0.282 e. The smallest absolute Gasteiger partial charge is 0.282 e.